The van der Waals surface area contributed by atoms with E-state index in [0.717, 1.165) is 23.0 Å². The van der Waals surface area contributed by atoms with Gasteiger partial charge in [0, 0.05) is 13.6 Å². The third kappa shape index (κ3) is 2.71. The minimum atomic E-state index is -0.249. The van der Waals surface area contributed by atoms with Crippen LogP contribution in [0.3, 0.4) is 0 Å². The second-order valence-corrected chi connectivity index (χ2v) is 4.30. The molecule has 0 radical (unpaired) electrons. The van der Waals surface area contributed by atoms with Gasteiger partial charge in [-0.15, -0.1) is 0 Å². The summed E-state index contributed by atoms with van der Waals surface area (Å²) in [7, 11) is 1.70. The summed E-state index contributed by atoms with van der Waals surface area (Å²) in [5.74, 6) is 0. The average Bonchev–Trinajstić information content (AvgIpc) is 2.64. The first-order valence-corrected chi connectivity index (χ1v) is 5.66. The Labute approximate surface area is 103 Å². The van der Waals surface area contributed by atoms with Crippen molar-refractivity contribution in [3.05, 3.63) is 34.2 Å². The summed E-state index contributed by atoms with van der Waals surface area (Å²) in [5.41, 5.74) is 2.43. The third-order valence-corrected chi connectivity index (χ3v) is 2.98. The molecule has 2 rings (SSSR count). The number of amides is 1. The Kier molecular flexibility index (Phi) is 3.23. The van der Waals surface area contributed by atoms with Crippen LogP contribution in [0.4, 0.5) is 4.79 Å². The fourth-order valence-corrected chi connectivity index (χ4v) is 1.73. The zero-order valence-corrected chi connectivity index (χ0v) is 10.3. The number of nitrogens with one attached hydrogen (secondary N) is 2. The highest BCUT2D eigenvalue weighted by Gasteiger charge is 2.04. The molecule has 0 atom stereocenters. The van der Waals surface area contributed by atoms with Crippen LogP contribution in [0.1, 0.15) is 5.56 Å². The van der Waals surface area contributed by atoms with E-state index in [0.29, 0.717) is 6.54 Å². The molecule has 6 heteroatoms. The van der Waals surface area contributed by atoms with Gasteiger partial charge in [0.2, 0.25) is 0 Å². The summed E-state index contributed by atoms with van der Waals surface area (Å²) in [6.45, 7) is 0.600. The zero-order chi connectivity index (χ0) is 12.4. The highest BCUT2D eigenvalue weighted by Crippen LogP contribution is 2.11. The highest BCUT2D eigenvalue weighted by molar-refractivity contribution is 7.96. The van der Waals surface area contributed by atoms with Gasteiger partial charge in [0.1, 0.15) is 0 Å². The Morgan fingerprint density at radius 3 is 2.76 bits per heavy atom. The Bertz CT molecular complexity index is 602. The maximum atomic E-state index is 11.1. The van der Waals surface area contributed by atoms with Crippen molar-refractivity contribution in [1.29, 1.82) is 0 Å². The molecule has 1 heterocycles. The van der Waals surface area contributed by atoms with Gasteiger partial charge in [-0.2, -0.15) is 0 Å². The highest BCUT2D eigenvalue weighted by atomic mass is 32.1. The average molecular weight is 251 g/mol. The molecule has 0 fully saturated rings. The summed E-state index contributed by atoms with van der Waals surface area (Å²) in [4.78, 5) is 28.9. The molecule has 0 saturated carbocycles. The smallest absolute Gasteiger partial charge is 0.323 e. The maximum Gasteiger partial charge on any atom is 0.323 e. The van der Waals surface area contributed by atoms with Crippen LogP contribution in [-0.2, 0) is 6.42 Å². The molecule has 0 aliphatic heterocycles. The van der Waals surface area contributed by atoms with Crippen LogP contribution in [0.5, 0.6) is 0 Å². The normalized spacial score (nSPS) is 10.7. The van der Waals surface area contributed by atoms with Crippen LogP contribution in [0, 0.1) is 0 Å². The SMILES string of the molecule is CN(CCc1ccc2[nH]c(=O)[nH]c2c1)C(=O)S. The molecule has 1 amide bonds. The number of aromatic amines is 2. The van der Waals surface area contributed by atoms with Gasteiger partial charge >= 0.3 is 5.69 Å². The molecule has 17 heavy (non-hydrogen) atoms. The Hall–Kier alpha value is -1.69. The second-order valence-electron chi connectivity index (χ2n) is 3.91. The van der Waals surface area contributed by atoms with E-state index in [2.05, 4.69) is 22.6 Å². The van der Waals surface area contributed by atoms with E-state index in [1.807, 2.05) is 18.2 Å². The van der Waals surface area contributed by atoms with E-state index < -0.39 is 0 Å². The van der Waals surface area contributed by atoms with Gasteiger partial charge in [-0.3, -0.25) is 4.79 Å². The first kappa shape index (κ1) is 11.8. The van der Waals surface area contributed by atoms with Crippen LogP contribution in [0.2, 0.25) is 0 Å². The number of H-pyrrole nitrogens is 2. The number of rotatable bonds is 3. The summed E-state index contributed by atoms with van der Waals surface area (Å²) in [6, 6.07) is 5.69. The van der Waals surface area contributed by atoms with Gasteiger partial charge in [0.15, 0.2) is 0 Å². The summed E-state index contributed by atoms with van der Waals surface area (Å²) in [6.07, 6.45) is 0.728. The lowest BCUT2D eigenvalue weighted by molar-refractivity contribution is 0.234. The monoisotopic (exact) mass is 251 g/mol. The molecule has 1 aromatic carbocycles. The lowest BCUT2D eigenvalue weighted by atomic mass is 10.1. The number of nitrogens with zero attached hydrogens (tertiary/aromatic N) is 1. The van der Waals surface area contributed by atoms with Gasteiger partial charge in [-0.05, 0) is 24.1 Å². The summed E-state index contributed by atoms with van der Waals surface area (Å²) >= 11 is 3.74. The first-order valence-electron chi connectivity index (χ1n) is 5.21. The van der Waals surface area contributed by atoms with Crippen molar-refractivity contribution in [2.45, 2.75) is 6.42 Å². The molecule has 2 N–H and O–H groups in total. The number of thiol groups is 1. The Morgan fingerprint density at radius 2 is 2.06 bits per heavy atom. The number of carbonyl (C=O) groups is 1. The standard InChI is InChI=1S/C11H13N3O2S/c1-14(11(16)17)5-4-7-2-3-8-9(6-7)13-10(15)12-8/h2-3,6H,4-5H2,1H3,(H,16,17)(H2,12,13,15). The molecule has 0 spiro atoms. The lowest BCUT2D eigenvalue weighted by Crippen LogP contribution is -2.23. The van der Waals surface area contributed by atoms with Crippen molar-refractivity contribution >= 4 is 28.9 Å². The van der Waals surface area contributed by atoms with Crippen LogP contribution >= 0.6 is 12.6 Å². The van der Waals surface area contributed by atoms with Crippen molar-refractivity contribution in [3.8, 4) is 0 Å². The van der Waals surface area contributed by atoms with Crippen molar-refractivity contribution in [2.24, 2.45) is 0 Å². The Balaban J connectivity index is 2.14. The van der Waals surface area contributed by atoms with Gasteiger partial charge in [-0.1, -0.05) is 18.7 Å². The molecule has 1 aromatic heterocycles. The lowest BCUT2D eigenvalue weighted by Gasteiger charge is -2.13. The summed E-state index contributed by atoms with van der Waals surface area (Å²) < 4.78 is 0. The molecule has 90 valence electrons. The molecule has 0 aliphatic rings. The van der Waals surface area contributed by atoms with Crippen LogP contribution in [0.25, 0.3) is 11.0 Å². The number of fused-ring (bicyclic) bond motifs is 1. The fraction of sp³-hybridized carbons (Fsp3) is 0.273. The van der Waals surface area contributed by atoms with E-state index >= 15 is 0 Å². The number of aromatic nitrogens is 2. The van der Waals surface area contributed by atoms with Gasteiger partial charge in [0.25, 0.3) is 5.24 Å². The van der Waals surface area contributed by atoms with E-state index in [1.165, 1.54) is 4.90 Å². The number of benzene rings is 1. The number of hydrogen-bond donors (Lipinski definition) is 3. The van der Waals surface area contributed by atoms with Crippen molar-refractivity contribution in [2.75, 3.05) is 13.6 Å². The predicted octanol–water partition coefficient (Wildman–Crippen LogP) is 1.38. The molecule has 0 unspecified atom stereocenters. The maximum absolute atomic E-state index is 11.1. The van der Waals surface area contributed by atoms with Gasteiger partial charge in [-0.25, -0.2) is 4.79 Å². The quantitative estimate of drug-likeness (QED) is 0.721. The number of carbonyl (C=O) groups excluding carboxylic acids is 1. The van der Waals surface area contributed by atoms with Gasteiger partial charge in [0.05, 0.1) is 11.0 Å². The zero-order valence-electron chi connectivity index (χ0n) is 9.36. The topological polar surface area (TPSA) is 69.0 Å². The number of hydrogen-bond acceptors (Lipinski definition) is 2. The van der Waals surface area contributed by atoms with Crippen LogP contribution in [-0.4, -0.2) is 33.7 Å². The largest absolute Gasteiger partial charge is 0.337 e. The van der Waals surface area contributed by atoms with Crippen molar-refractivity contribution in [3.63, 3.8) is 0 Å². The number of imidazole rings is 1. The van der Waals surface area contributed by atoms with Crippen molar-refractivity contribution < 1.29 is 4.79 Å². The molecule has 5 nitrogen and oxygen atoms in total. The minimum absolute atomic E-state index is 0.209. The predicted molar refractivity (Wildman–Crippen MR) is 69.6 cm³/mol. The molecule has 2 aromatic rings. The summed E-state index contributed by atoms with van der Waals surface area (Å²) in [5, 5.41) is -0.249. The molecular formula is C11H13N3O2S. The van der Waals surface area contributed by atoms with E-state index in [1.54, 1.807) is 7.05 Å². The molecule has 0 bridgehead atoms. The minimum Gasteiger partial charge on any atom is -0.337 e. The third-order valence-electron chi connectivity index (χ3n) is 2.64. The van der Waals surface area contributed by atoms with E-state index in [-0.39, 0.29) is 10.9 Å². The van der Waals surface area contributed by atoms with Gasteiger partial charge < -0.3 is 14.9 Å². The first-order chi connectivity index (χ1) is 8.06. The Morgan fingerprint density at radius 1 is 1.35 bits per heavy atom. The molecule has 0 saturated heterocycles. The van der Waals surface area contributed by atoms with E-state index in [4.69, 9.17) is 0 Å². The molecule has 0 aliphatic carbocycles. The fourth-order valence-electron chi connectivity index (χ4n) is 1.63. The molecular weight excluding hydrogens is 238 g/mol. The van der Waals surface area contributed by atoms with Crippen LogP contribution in [0.15, 0.2) is 23.0 Å². The van der Waals surface area contributed by atoms with E-state index in [9.17, 15) is 9.59 Å². The van der Waals surface area contributed by atoms with Crippen molar-refractivity contribution in [1.82, 2.24) is 14.9 Å². The van der Waals surface area contributed by atoms with Crippen LogP contribution < -0.4 is 5.69 Å². The second kappa shape index (κ2) is 4.67. The number of likely N-dealkylation sites (N-methyl/N-ethyl adjacent to an activating group) is 1.